The Bertz CT molecular complexity index is 178. The third kappa shape index (κ3) is 2.09. The summed E-state index contributed by atoms with van der Waals surface area (Å²) < 4.78 is 5.19. The van der Waals surface area contributed by atoms with Crippen LogP contribution in [0.15, 0.2) is 24.5 Å². The first kappa shape index (κ1) is 7.13. The Morgan fingerprint density at radius 1 is 1.40 bits per heavy atom. The fourth-order valence-corrected chi connectivity index (χ4v) is 0.611. The average molecular weight is 133 g/mol. The van der Waals surface area contributed by atoms with Crippen LogP contribution in [0.2, 0.25) is 6.32 Å². The van der Waals surface area contributed by atoms with Crippen LogP contribution in [0.4, 0.5) is 0 Å². The minimum atomic E-state index is 0.544. The number of nitrogens with zero attached hydrogens (tertiary/aromatic N) is 1. The second-order valence-electron chi connectivity index (χ2n) is 1.82. The largest absolute Gasteiger partial charge is 0.494 e. The molecule has 0 saturated heterocycles. The van der Waals surface area contributed by atoms with Gasteiger partial charge in [-0.15, -0.1) is 0 Å². The second-order valence-corrected chi connectivity index (χ2v) is 1.82. The average Bonchev–Trinajstić information content (AvgIpc) is 2.03. The molecular formula is C7H8BNO. The van der Waals surface area contributed by atoms with Crippen LogP contribution in [-0.4, -0.2) is 19.4 Å². The van der Waals surface area contributed by atoms with Gasteiger partial charge in [-0.1, -0.05) is 6.32 Å². The zero-order chi connectivity index (χ0) is 7.23. The summed E-state index contributed by atoms with van der Waals surface area (Å²) in [7, 11) is 5.24. The molecule has 0 N–H and O–H groups in total. The molecule has 0 aromatic carbocycles. The summed E-state index contributed by atoms with van der Waals surface area (Å²) in [5, 5.41) is 0. The first-order valence-electron chi connectivity index (χ1n) is 3.16. The van der Waals surface area contributed by atoms with Gasteiger partial charge >= 0.3 is 0 Å². The van der Waals surface area contributed by atoms with Crippen LogP contribution in [-0.2, 0) is 0 Å². The predicted octanol–water partition coefficient (Wildman–Crippen LogP) is 1.05. The molecule has 0 fully saturated rings. The highest BCUT2D eigenvalue weighted by Gasteiger charge is 1.87. The van der Waals surface area contributed by atoms with E-state index >= 15 is 0 Å². The Kier molecular flexibility index (Phi) is 2.80. The van der Waals surface area contributed by atoms with E-state index in [0.29, 0.717) is 12.9 Å². The van der Waals surface area contributed by atoms with Crippen LogP contribution in [0.1, 0.15) is 0 Å². The van der Waals surface area contributed by atoms with E-state index in [1.54, 1.807) is 24.5 Å². The van der Waals surface area contributed by atoms with Gasteiger partial charge < -0.3 is 4.74 Å². The first-order chi connectivity index (χ1) is 4.93. The second kappa shape index (κ2) is 3.93. The topological polar surface area (TPSA) is 22.1 Å². The maximum Gasteiger partial charge on any atom is 0.122 e. The van der Waals surface area contributed by atoms with E-state index in [2.05, 4.69) is 4.98 Å². The summed E-state index contributed by atoms with van der Waals surface area (Å²) in [6.45, 7) is 0.560. The smallest absolute Gasteiger partial charge is 0.122 e. The van der Waals surface area contributed by atoms with Gasteiger partial charge in [0.25, 0.3) is 0 Å². The van der Waals surface area contributed by atoms with Crippen molar-refractivity contribution in [2.24, 2.45) is 0 Å². The van der Waals surface area contributed by atoms with Crippen molar-refractivity contribution in [3.8, 4) is 5.75 Å². The molecule has 0 aliphatic rings. The van der Waals surface area contributed by atoms with E-state index in [4.69, 9.17) is 12.6 Å². The van der Waals surface area contributed by atoms with Gasteiger partial charge in [0.05, 0.1) is 14.5 Å². The maximum atomic E-state index is 5.24. The van der Waals surface area contributed by atoms with Crippen molar-refractivity contribution >= 4 is 7.85 Å². The Morgan fingerprint density at radius 2 is 2.10 bits per heavy atom. The van der Waals surface area contributed by atoms with Gasteiger partial charge in [0.1, 0.15) is 5.75 Å². The van der Waals surface area contributed by atoms with Crippen LogP contribution < -0.4 is 4.74 Å². The van der Waals surface area contributed by atoms with E-state index in [9.17, 15) is 0 Å². The number of ether oxygens (including phenoxy) is 1. The lowest BCUT2D eigenvalue weighted by Crippen LogP contribution is -1.95. The molecule has 0 atom stereocenters. The van der Waals surface area contributed by atoms with Crippen molar-refractivity contribution in [2.45, 2.75) is 6.32 Å². The number of rotatable bonds is 3. The lowest BCUT2D eigenvalue weighted by molar-refractivity contribution is 0.340. The first-order valence-corrected chi connectivity index (χ1v) is 3.16. The molecule has 50 valence electrons. The van der Waals surface area contributed by atoms with Crippen LogP contribution in [0.3, 0.4) is 0 Å². The molecule has 0 aliphatic heterocycles. The summed E-state index contributed by atoms with van der Waals surface area (Å²) >= 11 is 0. The van der Waals surface area contributed by atoms with Crippen LogP contribution >= 0.6 is 0 Å². The van der Waals surface area contributed by atoms with Crippen molar-refractivity contribution in [3.63, 3.8) is 0 Å². The van der Waals surface area contributed by atoms with E-state index in [0.717, 1.165) is 5.75 Å². The minimum absolute atomic E-state index is 0.544. The third-order valence-corrected chi connectivity index (χ3v) is 1.04. The SMILES string of the molecule is [B]CCOc1ccncc1. The van der Waals surface area contributed by atoms with Crippen LogP contribution in [0, 0.1) is 0 Å². The van der Waals surface area contributed by atoms with Gasteiger partial charge in [-0.05, 0) is 12.1 Å². The molecule has 0 bridgehead atoms. The van der Waals surface area contributed by atoms with Gasteiger partial charge in [0.15, 0.2) is 0 Å². The summed E-state index contributed by atoms with van der Waals surface area (Å²) in [5.74, 6) is 0.820. The predicted molar refractivity (Wildman–Crippen MR) is 40.3 cm³/mol. The maximum absolute atomic E-state index is 5.24. The Hall–Kier alpha value is -0.985. The molecule has 10 heavy (non-hydrogen) atoms. The molecular weight excluding hydrogens is 125 g/mol. The summed E-state index contributed by atoms with van der Waals surface area (Å²) in [5.41, 5.74) is 0. The molecule has 3 heteroatoms. The van der Waals surface area contributed by atoms with Crippen LogP contribution in [0.25, 0.3) is 0 Å². The molecule has 2 nitrogen and oxygen atoms in total. The van der Waals surface area contributed by atoms with Gasteiger partial charge in [-0.25, -0.2) is 0 Å². The molecule has 2 radical (unpaired) electrons. The van der Waals surface area contributed by atoms with Crippen molar-refractivity contribution in [3.05, 3.63) is 24.5 Å². The van der Waals surface area contributed by atoms with Crippen molar-refractivity contribution in [1.29, 1.82) is 0 Å². The quantitative estimate of drug-likeness (QED) is 0.574. The van der Waals surface area contributed by atoms with Crippen LogP contribution in [0.5, 0.6) is 5.75 Å². The van der Waals surface area contributed by atoms with Gasteiger partial charge in [0.2, 0.25) is 0 Å². The van der Waals surface area contributed by atoms with E-state index in [-0.39, 0.29) is 0 Å². The molecule has 0 amide bonds. The molecule has 1 heterocycles. The molecule has 1 aromatic rings. The fourth-order valence-electron chi connectivity index (χ4n) is 0.611. The van der Waals surface area contributed by atoms with E-state index in [1.165, 1.54) is 0 Å². The van der Waals surface area contributed by atoms with E-state index in [1.807, 2.05) is 0 Å². The lowest BCUT2D eigenvalue weighted by atomic mass is 10.1. The highest BCUT2D eigenvalue weighted by Crippen LogP contribution is 2.05. The lowest BCUT2D eigenvalue weighted by Gasteiger charge is -2.01. The Morgan fingerprint density at radius 3 is 2.70 bits per heavy atom. The zero-order valence-electron chi connectivity index (χ0n) is 5.66. The van der Waals surface area contributed by atoms with Gasteiger partial charge in [0, 0.05) is 12.4 Å². The molecule has 0 unspecified atom stereocenters. The summed E-state index contributed by atoms with van der Waals surface area (Å²) in [4.78, 5) is 3.84. The summed E-state index contributed by atoms with van der Waals surface area (Å²) in [6.07, 6.45) is 3.92. The number of pyridine rings is 1. The van der Waals surface area contributed by atoms with Gasteiger partial charge in [-0.3, -0.25) is 4.98 Å². The molecule has 0 saturated carbocycles. The van der Waals surface area contributed by atoms with Crippen molar-refractivity contribution in [2.75, 3.05) is 6.61 Å². The minimum Gasteiger partial charge on any atom is -0.494 e. The van der Waals surface area contributed by atoms with Gasteiger partial charge in [-0.2, -0.15) is 0 Å². The third-order valence-electron chi connectivity index (χ3n) is 1.04. The molecule has 0 spiro atoms. The van der Waals surface area contributed by atoms with Crippen molar-refractivity contribution in [1.82, 2.24) is 4.98 Å². The molecule has 1 aromatic heterocycles. The number of aromatic nitrogens is 1. The highest BCUT2D eigenvalue weighted by molar-refractivity contribution is 6.08. The standard InChI is InChI=1S/C7H8BNO/c8-3-6-10-7-1-4-9-5-2-7/h1-2,4-5H,3,6H2. The zero-order valence-corrected chi connectivity index (χ0v) is 5.66. The normalized spacial score (nSPS) is 9.20. The molecule has 0 aliphatic carbocycles. The monoisotopic (exact) mass is 133 g/mol. The fraction of sp³-hybridized carbons (Fsp3) is 0.286. The Labute approximate surface area is 61.6 Å². The number of hydrogen-bond acceptors (Lipinski definition) is 2. The number of hydrogen-bond donors (Lipinski definition) is 0. The Balaban J connectivity index is 2.43. The van der Waals surface area contributed by atoms with E-state index < -0.39 is 0 Å². The van der Waals surface area contributed by atoms with Crippen molar-refractivity contribution < 1.29 is 4.74 Å². The summed E-state index contributed by atoms with van der Waals surface area (Å²) in [6, 6.07) is 3.60. The molecule has 1 rings (SSSR count). The highest BCUT2D eigenvalue weighted by atomic mass is 16.5.